The first kappa shape index (κ1) is 16.2. The standard InChI is InChI=1S/C19H21N3O2S/c1-23-16-8-4-14(5-9-16)18-20-12-3-13-21(20)19(25)22(18)15-6-10-17(24-2)11-7-15/h4-11,18H,3,12-13H2,1-2H3/t18-/m0/s1. The van der Waals surface area contributed by atoms with E-state index >= 15 is 0 Å². The predicted octanol–water partition coefficient (Wildman–Crippen LogP) is 3.43. The van der Waals surface area contributed by atoms with E-state index in [0.717, 1.165) is 41.8 Å². The highest BCUT2D eigenvalue weighted by molar-refractivity contribution is 7.80. The monoisotopic (exact) mass is 355 g/mol. The molecular weight excluding hydrogens is 334 g/mol. The van der Waals surface area contributed by atoms with E-state index < -0.39 is 0 Å². The van der Waals surface area contributed by atoms with Crippen LogP contribution < -0.4 is 14.4 Å². The number of anilines is 1. The van der Waals surface area contributed by atoms with E-state index in [1.54, 1.807) is 14.2 Å². The summed E-state index contributed by atoms with van der Waals surface area (Å²) in [6, 6.07) is 16.3. The Hall–Kier alpha value is -2.31. The summed E-state index contributed by atoms with van der Waals surface area (Å²) >= 11 is 5.80. The number of benzene rings is 2. The lowest BCUT2D eigenvalue weighted by atomic mass is 10.1. The summed E-state index contributed by atoms with van der Waals surface area (Å²) in [5.74, 6) is 1.70. The first-order chi connectivity index (χ1) is 12.2. The maximum atomic E-state index is 5.80. The van der Waals surface area contributed by atoms with Crippen molar-refractivity contribution in [1.82, 2.24) is 10.0 Å². The molecule has 130 valence electrons. The van der Waals surface area contributed by atoms with Crippen LogP contribution in [0.25, 0.3) is 0 Å². The number of nitrogens with zero attached hydrogens (tertiary/aromatic N) is 3. The number of hydrazine groups is 1. The van der Waals surface area contributed by atoms with Gasteiger partial charge in [-0.3, -0.25) is 9.91 Å². The Labute approximate surface area is 153 Å². The van der Waals surface area contributed by atoms with E-state index in [2.05, 4.69) is 39.2 Å². The van der Waals surface area contributed by atoms with Crippen LogP contribution in [0.3, 0.4) is 0 Å². The lowest BCUT2D eigenvalue weighted by molar-refractivity contribution is 0.0923. The fourth-order valence-electron chi connectivity index (χ4n) is 3.55. The summed E-state index contributed by atoms with van der Waals surface area (Å²) in [6.07, 6.45) is 1.19. The second-order valence-electron chi connectivity index (χ2n) is 6.14. The van der Waals surface area contributed by atoms with Gasteiger partial charge in [-0.1, -0.05) is 12.1 Å². The van der Waals surface area contributed by atoms with Crippen molar-refractivity contribution in [3.63, 3.8) is 0 Å². The SMILES string of the molecule is COc1ccc([C@@H]2N(c3ccc(OC)cc3)C(=S)N3CCCN23)cc1. The van der Waals surface area contributed by atoms with Gasteiger partial charge in [-0.2, -0.15) is 5.01 Å². The van der Waals surface area contributed by atoms with Gasteiger partial charge in [0.15, 0.2) is 5.11 Å². The molecule has 0 N–H and O–H groups in total. The van der Waals surface area contributed by atoms with Crippen molar-refractivity contribution in [3.05, 3.63) is 54.1 Å². The third kappa shape index (κ3) is 2.71. The van der Waals surface area contributed by atoms with Gasteiger partial charge in [-0.15, -0.1) is 0 Å². The molecule has 0 amide bonds. The van der Waals surface area contributed by atoms with E-state index in [-0.39, 0.29) is 6.17 Å². The van der Waals surface area contributed by atoms with Gasteiger partial charge in [-0.05, 0) is 60.6 Å². The minimum absolute atomic E-state index is 0.0642. The molecule has 1 atom stereocenters. The number of hydrogen-bond acceptors (Lipinski definition) is 4. The summed E-state index contributed by atoms with van der Waals surface area (Å²) in [6.45, 7) is 1.97. The Balaban J connectivity index is 1.74. The molecule has 0 spiro atoms. The molecule has 0 aromatic heterocycles. The first-order valence-corrected chi connectivity index (χ1v) is 8.79. The average molecular weight is 355 g/mol. The van der Waals surface area contributed by atoms with Crippen molar-refractivity contribution in [2.75, 3.05) is 32.2 Å². The van der Waals surface area contributed by atoms with Crippen LogP contribution in [0.15, 0.2) is 48.5 Å². The molecule has 2 aromatic carbocycles. The van der Waals surface area contributed by atoms with E-state index in [9.17, 15) is 0 Å². The van der Waals surface area contributed by atoms with Crippen molar-refractivity contribution in [1.29, 1.82) is 0 Å². The quantitative estimate of drug-likeness (QED) is 0.781. The molecule has 2 aliphatic rings. The normalized spacial score (nSPS) is 20.1. The zero-order chi connectivity index (χ0) is 17.4. The summed E-state index contributed by atoms with van der Waals surface area (Å²) < 4.78 is 10.6. The minimum atomic E-state index is 0.0642. The summed E-state index contributed by atoms with van der Waals surface area (Å²) in [5.41, 5.74) is 2.27. The number of fused-ring (bicyclic) bond motifs is 1. The molecule has 0 unspecified atom stereocenters. The molecule has 2 heterocycles. The van der Waals surface area contributed by atoms with Crippen molar-refractivity contribution >= 4 is 23.0 Å². The van der Waals surface area contributed by atoms with Crippen LogP contribution in [0.2, 0.25) is 0 Å². The second kappa shape index (κ2) is 6.54. The molecule has 0 radical (unpaired) electrons. The highest BCUT2D eigenvalue weighted by Crippen LogP contribution is 2.41. The van der Waals surface area contributed by atoms with Crippen LogP contribution in [0.5, 0.6) is 11.5 Å². The molecule has 0 aliphatic carbocycles. The van der Waals surface area contributed by atoms with Crippen molar-refractivity contribution in [2.45, 2.75) is 12.6 Å². The smallest absolute Gasteiger partial charge is 0.192 e. The lowest BCUT2D eigenvalue weighted by Crippen LogP contribution is -2.32. The molecule has 6 heteroatoms. The van der Waals surface area contributed by atoms with Crippen LogP contribution in [-0.2, 0) is 0 Å². The zero-order valence-corrected chi connectivity index (χ0v) is 15.2. The molecule has 0 bridgehead atoms. The average Bonchev–Trinajstić information content (AvgIpc) is 3.24. The Kier molecular flexibility index (Phi) is 4.23. The summed E-state index contributed by atoms with van der Waals surface area (Å²) in [4.78, 5) is 2.22. The number of thiocarbonyl (C=S) groups is 1. The Morgan fingerprint density at radius 2 is 1.48 bits per heavy atom. The Morgan fingerprint density at radius 1 is 0.880 bits per heavy atom. The predicted molar refractivity (Wildman–Crippen MR) is 102 cm³/mol. The molecule has 0 saturated carbocycles. The fourth-order valence-corrected chi connectivity index (χ4v) is 3.95. The Bertz CT molecular complexity index is 763. The molecule has 25 heavy (non-hydrogen) atoms. The van der Waals surface area contributed by atoms with Gasteiger partial charge in [0.05, 0.1) is 14.2 Å². The maximum Gasteiger partial charge on any atom is 0.192 e. The lowest BCUT2D eigenvalue weighted by Gasteiger charge is -2.29. The highest BCUT2D eigenvalue weighted by atomic mass is 32.1. The van der Waals surface area contributed by atoms with E-state index in [1.807, 2.05) is 24.3 Å². The molecule has 2 aromatic rings. The maximum absolute atomic E-state index is 5.80. The van der Waals surface area contributed by atoms with Gasteiger partial charge in [-0.25, -0.2) is 0 Å². The van der Waals surface area contributed by atoms with Crippen LogP contribution in [0.1, 0.15) is 18.2 Å². The van der Waals surface area contributed by atoms with E-state index in [4.69, 9.17) is 21.7 Å². The van der Waals surface area contributed by atoms with Crippen LogP contribution >= 0.6 is 12.2 Å². The van der Waals surface area contributed by atoms with Gasteiger partial charge in [0.2, 0.25) is 0 Å². The fraction of sp³-hybridized carbons (Fsp3) is 0.316. The van der Waals surface area contributed by atoms with Gasteiger partial charge in [0, 0.05) is 18.8 Å². The van der Waals surface area contributed by atoms with Crippen molar-refractivity contribution < 1.29 is 9.47 Å². The molecular formula is C19H21N3O2S. The summed E-state index contributed by atoms with van der Waals surface area (Å²) in [5, 5.41) is 5.42. The van der Waals surface area contributed by atoms with Crippen molar-refractivity contribution in [2.24, 2.45) is 0 Å². The minimum Gasteiger partial charge on any atom is -0.497 e. The van der Waals surface area contributed by atoms with Gasteiger partial charge in [0.25, 0.3) is 0 Å². The van der Waals surface area contributed by atoms with Gasteiger partial charge >= 0.3 is 0 Å². The zero-order valence-electron chi connectivity index (χ0n) is 14.4. The van der Waals surface area contributed by atoms with Crippen LogP contribution in [-0.4, -0.2) is 42.4 Å². The van der Waals surface area contributed by atoms with Gasteiger partial charge < -0.3 is 9.47 Å². The third-order valence-corrected chi connectivity index (χ3v) is 5.19. The van der Waals surface area contributed by atoms with E-state index in [0.29, 0.717) is 0 Å². The first-order valence-electron chi connectivity index (χ1n) is 8.38. The molecule has 2 fully saturated rings. The van der Waals surface area contributed by atoms with Crippen LogP contribution in [0, 0.1) is 0 Å². The molecule has 2 saturated heterocycles. The number of hydrogen-bond donors (Lipinski definition) is 0. The molecule has 2 aliphatic heterocycles. The third-order valence-electron chi connectivity index (χ3n) is 4.79. The second-order valence-corrected chi connectivity index (χ2v) is 6.50. The topological polar surface area (TPSA) is 28.2 Å². The highest BCUT2D eigenvalue weighted by Gasteiger charge is 2.45. The number of ether oxygens (including phenoxy) is 2. The molecule has 5 nitrogen and oxygen atoms in total. The Morgan fingerprint density at radius 3 is 2.08 bits per heavy atom. The number of methoxy groups -OCH3 is 2. The summed E-state index contributed by atoms with van der Waals surface area (Å²) in [7, 11) is 3.36. The van der Waals surface area contributed by atoms with Crippen molar-refractivity contribution in [3.8, 4) is 11.5 Å². The van der Waals surface area contributed by atoms with E-state index in [1.165, 1.54) is 5.56 Å². The van der Waals surface area contributed by atoms with Gasteiger partial charge in [0.1, 0.15) is 17.7 Å². The number of rotatable bonds is 4. The van der Waals surface area contributed by atoms with Crippen LogP contribution in [0.4, 0.5) is 5.69 Å². The molecule has 4 rings (SSSR count). The largest absolute Gasteiger partial charge is 0.497 e.